The Labute approximate surface area is 99.6 Å². The molecular formula is C12H13N3O2. The lowest BCUT2D eigenvalue weighted by atomic mass is 10.2. The second kappa shape index (κ2) is 4.83. The SMILES string of the molecule is COC(=O)c1cccnc1N1CCCC1C#N. The van der Waals surface area contributed by atoms with Crippen LogP contribution >= 0.6 is 0 Å². The minimum atomic E-state index is -0.420. The molecule has 1 atom stereocenters. The number of esters is 1. The summed E-state index contributed by atoms with van der Waals surface area (Å²) < 4.78 is 4.72. The standard InChI is InChI=1S/C12H13N3O2/c1-17-12(16)10-5-2-6-14-11(10)15-7-3-4-9(15)8-13/h2,5-6,9H,3-4,7H2,1H3. The number of pyridine rings is 1. The predicted octanol–water partition coefficient (Wildman–Crippen LogP) is 1.36. The molecule has 0 N–H and O–H groups in total. The first-order valence-corrected chi connectivity index (χ1v) is 5.47. The molecule has 1 aromatic heterocycles. The third-order valence-electron chi connectivity index (χ3n) is 2.87. The van der Waals surface area contributed by atoms with Crippen LogP contribution in [0.4, 0.5) is 5.82 Å². The molecule has 0 aromatic carbocycles. The Hall–Kier alpha value is -2.09. The summed E-state index contributed by atoms with van der Waals surface area (Å²) in [6, 6.07) is 5.39. The lowest BCUT2D eigenvalue weighted by molar-refractivity contribution is 0.0601. The molecule has 0 amide bonds. The first kappa shape index (κ1) is 11.4. The minimum absolute atomic E-state index is 0.201. The largest absolute Gasteiger partial charge is 0.465 e. The van der Waals surface area contributed by atoms with Gasteiger partial charge in [-0.05, 0) is 25.0 Å². The number of nitriles is 1. The lowest BCUT2D eigenvalue weighted by Crippen LogP contribution is -2.30. The van der Waals surface area contributed by atoms with Crippen LogP contribution in [0.2, 0.25) is 0 Å². The Kier molecular flexibility index (Phi) is 3.24. The van der Waals surface area contributed by atoms with Gasteiger partial charge in [-0.1, -0.05) is 0 Å². The smallest absolute Gasteiger partial charge is 0.341 e. The van der Waals surface area contributed by atoms with Crippen molar-refractivity contribution in [1.82, 2.24) is 4.98 Å². The molecule has 0 aliphatic carbocycles. The van der Waals surface area contributed by atoms with Gasteiger partial charge < -0.3 is 9.64 Å². The molecule has 0 radical (unpaired) electrons. The summed E-state index contributed by atoms with van der Waals surface area (Å²) in [7, 11) is 1.34. The van der Waals surface area contributed by atoms with E-state index in [9.17, 15) is 4.79 Å². The van der Waals surface area contributed by atoms with Crippen molar-refractivity contribution in [2.75, 3.05) is 18.6 Å². The molecule has 5 nitrogen and oxygen atoms in total. The van der Waals surface area contributed by atoms with E-state index in [4.69, 9.17) is 10.00 Å². The highest BCUT2D eigenvalue weighted by Gasteiger charge is 2.28. The van der Waals surface area contributed by atoms with Gasteiger partial charge in [0.15, 0.2) is 0 Å². The average Bonchev–Trinajstić information content (AvgIpc) is 2.86. The fourth-order valence-electron chi connectivity index (χ4n) is 2.05. The maximum atomic E-state index is 11.6. The summed E-state index contributed by atoms with van der Waals surface area (Å²) in [5, 5.41) is 9.05. The summed E-state index contributed by atoms with van der Waals surface area (Å²) in [5.74, 6) is 0.125. The molecule has 1 aromatic rings. The van der Waals surface area contributed by atoms with Crippen molar-refractivity contribution in [1.29, 1.82) is 5.26 Å². The minimum Gasteiger partial charge on any atom is -0.465 e. The van der Waals surface area contributed by atoms with Gasteiger partial charge in [-0.3, -0.25) is 0 Å². The number of methoxy groups -OCH3 is 1. The van der Waals surface area contributed by atoms with Crippen LogP contribution in [0.3, 0.4) is 0 Å². The number of anilines is 1. The Bertz CT molecular complexity index is 467. The second-order valence-corrected chi connectivity index (χ2v) is 3.85. The quantitative estimate of drug-likeness (QED) is 0.719. The van der Waals surface area contributed by atoms with Gasteiger partial charge in [0.2, 0.25) is 0 Å². The topological polar surface area (TPSA) is 66.2 Å². The molecule has 2 rings (SSSR count). The maximum absolute atomic E-state index is 11.6. The monoisotopic (exact) mass is 231 g/mol. The molecule has 1 unspecified atom stereocenters. The number of hydrogen-bond acceptors (Lipinski definition) is 5. The van der Waals surface area contributed by atoms with Crippen molar-refractivity contribution >= 4 is 11.8 Å². The molecule has 1 saturated heterocycles. The van der Waals surface area contributed by atoms with Crippen molar-refractivity contribution in [3.63, 3.8) is 0 Å². The summed E-state index contributed by atoms with van der Waals surface area (Å²) in [6.45, 7) is 0.749. The molecule has 0 spiro atoms. The van der Waals surface area contributed by atoms with Crippen LogP contribution in [0.1, 0.15) is 23.2 Å². The van der Waals surface area contributed by atoms with Gasteiger partial charge in [-0.2, -0.15) is 5.26 Å². The van der Waals surface area contributed by atoms with E-state index in [0.717, 1.165) is 19.4 Å². The Morgan fingerprint density at radius 1 is 1.71 bits per heavy atom. The van der Waals surface area contributed by atoms with Crippen molar-refractivity contribution in [2.45, 2.75) is 18.9 Å². The van der Waals surface area contributed by atoms with E-state index in [1.165, 1.54) is 7.11 Å². The van der Waals surface area contributed by atoms with Gasteiger partial charge in [0.25, 0.3) is 0 Å². The van der Waals surface area contributed by atoms with Crippen LogP contribution in [0, 0.1) is 11.3 Å². The molecule has 88 valence electrons. The number of carbonyl (C=O) groups excluding carboxylic acids is 1. The number of aromatic nitrogens is 1. The van der Waals surface area contributed by atoms with Crippen LogP contribution in [-0.4, -0.2) is 30.6 Å². The summed E-state index contributed by atoms with van der Waals surface area (Å²) in [5.41, 5.74) is 0.414. The number of rotatable bonds is 2. The third-order valence-corrected chi connectivity index (χ3v) is 2.87. The van der Waals surface area contributed by atoms with Crippen molar-refractivity contribution in [3.8, 4) is 6.07 Å². The van der Waals surface area contributed by atoms with Crippen LogP contribution in [0.25, 0.3) is 0 Å². The number of carbonyl (C=O) groups is 1. The van der Waals surface area contributed by atoms with Gasteiger partial charge in [-0.25, -0.2) is 9.78 Å². The van der Waals surface area contributed by atoms with Crippen LogP contribution in [0.15, 0.2) is 18.3 Å². The van der Waals surface area contributed by atoms with Gasteiger partial charge in [0.05, 0.1) is 13.2 Å². The zero-order chi connectivity index (χ0) is 12.3. The van der Waals surface area contributed by atoms with Crippen molar-refractivity contribution < 1.29 is 9.53 Å². The van der Waals surface area contributed by atoms with Gasteiger partial charge in [-0.15, -0.1) is 0 Å². The molecule has 0 bridgehead atoms. The fraction of sp³-hybridized carbons (Fsp3) is 0.417. The summed E-state index contributed by atoms with van der Waals surface area (Å²) >= 11 is 0. The van der Waals surface area contributed by atoms with E-state index in [2.05, 4.69) is 11.1 Å². The molecule has 1 aliphatic rings. The maximum Gasteiger partial charge on any atom is 0.341 e. The Morgan fingerprint density at radius 2 is 2.53 bits per heavy atom. The molecule has 17 heavy (non-hydrogen) atoms. The van der Waals surface area contributed by atoms with Gasteiger partial charge in [0.1, 0.15) is 17.4 Å². The normalized spacial score (nSPS) is 18.8. The zero-order valence-corrected chi connectivity index (χ0v) is 9.59. The molecule has 2 heterocycles. The Morgan fingerprint density at radius 3 is 3.24 bits per heavy atom. The molecular weight excluding hydrogens is 218 g/mol. The molecule has 0 saturated carbocycles. The van der Waals surface area contributed by atoms with Crippen LogP contribution in [-0.2, 0) is 4.74 Å². The molecule has 1 aliphatic heterocycles. The highest BCUT2D eigenvalue weighted by atomic mass is 16.5. The second-order valence-electron chi connectivity index (χ2n) is 3.85. The van der Waals surface area contributed by atoms with E-state index in [1.807, 2.05) is 4.90 Å². The summed E-state index contributed by atoms with van der Waals surface area (Å²) in [6.07, 6.45) is 3.37. The zero-order valence-electron chi connectivity index (χ0n) is 9.59. The summed E-state index contributed by atoms with van der Waals surface area (Å²) in [4.78, 5) is 17.7. The van der Waals surface area contributed by atoms with Gasteiger partial charge in [0, 0.05) is 12.7 Å². The number of hydrogen-bond donors (Lipinski definition) is 0. The highest BCUT2D eigenvalue weighted by Crippen LogP contribution is 2.26. The first-order chi connectivity index (χ1) is 8.27. The molecule has 1 fully saturated rings. The van der Waals surface area contributed by atoms with Crippen molar-refractivity contribution in [3.05, 3.63) is 23.9 Å². The predicted molar refractivity (Wildman–Crippen MR) is 61.6 cm³/mol. The van der Waals surface area contributed by atoms with E-state index in [0.29, 0.717) is 11.4 Å². The Balaban J connectivity index is 2.38. The third kappa shape index (κ3) is 2.07. The van der Waals surface area contributed by atoms with Crippen LogP contribution < -0.4 is 4.90 Å². The van der Waals surface area contributed by atoms with E-state index in [1.54, 1.807) is 18.3 Å². The highest BCUT2D eigenvalue weighted by molar-refractivity contribution is 5.94. The number of ether oxygens (including phenoxy) is 1. The van der Waals surface area contributed by atoms with E-state index >= 15 is 0 Å². The van der Waals surface area contributed by atoms with Crippen LogP contribution in [0.5, 0.6) is 0 Å². The average molecular weight is 231 g/mol. The first-order valence-electron chi connectivity index (χ1n) is 5.47. The van der Waals surface area contributed by atoms with E-state index in [-0.39, 0.29) is 6.04 Å². The van der Waals surface area contributed by atoms with E-state index < -0.39 is 5.97 Å². The number of nitrogens with zero attached hydrogens (tertiary/aromatic N) is 3. The molecule has 5 heteroatoms. The fourth-order valence-corrected chi connectivity index (χ4v) is 2.05. The van der Waals surface area contributed by atoms with Crippen molar-refractivity contribution in [2.24, 2.45) is 0 Å². The lowest BCUT2D eigenvalue weighted by Gasteiger charge is -2.22. The van der Waals surface area contributed by atoms with Gasteiger partial charge >= 0.3 is 5.97 Å².